The number of rotatable bonds is 7. The van der Waals surface area contributed by atoms with Gasteiger partial charge in [0.15, 0.2) is 0 Å². The second-order valence-corrected chi connectivity index (χ2v) is 8.37. The van der Waals surface area contributed by atoms with Crippen molar-refractivity contribution >= 4 is 16.9 Å². The summed E-state index contributed by atoms with van der Waals surface area (Å²) >= 11 is 0. The van der Waals surface area contributed by atoms with Gasteiger partial charge in [-0.3, -0.25) is 9.69 Å². The fourth-order valence-electron chi connectivity index (χ4n) is 4.39. The third-order valence-electron chi connectivity index (χ3n) is 6.34. The molecule has 4 aromatic rings. The van der Waals surface area contributed by atoms with E-state index in [2.05, 4.69) is 43.7 Å². The van der Waals surface area contributed by atoms with E-state index in [4.69, 9.17) is 4.63 Å². The van der Waals surface area contributed by atoms with Gasteiger partial charge in [0, 0.05) is 32.2 Å². The van der Waals surface area contributed by atoms with Crippen LogP contribution in [0.4, 0.5) is 0 Å². The van der Waals surface area contributed by atoms with E-state index in [0.717, 1.165) is 61.3 Å². The van der Waals surface area contributed by atoms with Gasteiger partial charge in [-0.15, -0.1) is 5.10 Å². The molecule has 5 rings (SSSR count). The van der Waals surface area contributed by atoms with E-state index < -0.39 is 0 Å². The topological polar surface area (TPSA) is 106 Å². The van der Waals surface area contributed by atoms with E-state index >= 15 is 0 Å². The zero-order valence-corrected chi connectivity index (χ0v) is 18.5. The van der Waals surface area contributed by atoms with Crippen LogP contribution in [-0.4, -0.2) is 78.4 Å². The Balaban J connectivity index is 1.15. The molecular formula is C23H26N8O2. The summed E-state index contributed by atoms with van der Waals surface area (Å²) in [5.41, 5.74) is 4.65. The number of fused-ring (bicyclic) bond motifs is 1. The lowest BCUT2D eigenvalue weighted by atomic mass is 10.1. The van der Waals surface area contributed by atoms with Crippen molar-refractivity contribution in [1.29, 1.82) is 0 Å². The maximum Gasteiger partial charge on any atom is 0.227 e. The molecule has 1 aliphatic rings. The minimum Gasteiger partial charge on any atom is -0.340 e. The molecule has 1 aliphatic heterocycles. The average Bonchev–Trinajstić information content (AvgIpc) is 3.55. The number of aromatic nitrogens is 6. The lowest BCUT2D eigenvalue weighted by molar-refractivity contribution is -0.133. The molecule has 0 saturated carbocycles. The van der Waals surface area contributed by atoms with Crippen molar-refractivity contribution in [2.75, 3.05) is 26.2 Å². The first-order valence-electron chi connectivity index (χ1n) is 11.2. The number of nitrogens with zero attached hydrogens (tertiary/aromatic N) is 8. The standard InChI is InChI=1S/C23H26N8O2/c1-2-19-15-30(23(32)14-17-3-6-20(7-4-17)31-16-24-27-28-31)12-11-29(19)10-9-18-5-8-21-22(13-18)26-33-25-21/h3-8,13,16,19H,2,9-12,14-15H2,1H3. The van der Waals surface area contributed by atoms with Crippen LogP contribution < -0.4 is 0 Å². The highest BCUT2D eigenvalue weighted by molar-refractivity contribution is 5.79. The summed E-state index contributed by atoms with van der Waals surface area (Å²) in [5.74, 6) is 0.173. The Kier molecular flexibility index (Phi) is 6.07. The molecule has 0 aliphatic carbocycles. The van der Waals surface area contributed by atoms with Crippen molar-refractivity contribution < 1.29 is 9.42 Å². The smallest absolute Gasteiger partial charge is 0.227 e. The summed E-state index contributed by atoms with van der Waals surface area (Å²) in [7, 11) is 0. The number of benzene rings is 2. The Hall–Kier alpha value is -3.66. The Bertz CT molecular complexity index is 1200. The third-order valence-corrected chi connectivity index (χ3v) is 6.34. The highest BCUT2D eigenvalue weighted by Gasteiger charge is 2.28. The van der Waals surface area contributed by atoms with Crippen LogP contribution >= 0.6 is 0 Å². The lowest BCUT2D eigenvalue weighted by Crippen LogP contribution is -2.55. The summed E-state index contributed by atoms with van der Waals surface area (Å²) in [4.78, 5) is 17.5. The molecule has 1 saturated heterocycles. The molecule has 1 fully saturated rings. The van der Waals surface area contributed by atoms with Crippen LogP contribution in [0.5, 0.6) is 0 Å². The van der Waals surface area contributed by atoms with Crippen LogP contribution in [0, 0.1) is 0 Å². The fraction of sp³-hybridized carbons (Fsp3) is 0.391. The zero-order valence-electron chi connectivity index (χ0n) is 18.5. The molecule has 2 aromatic heterocycles. The van der Waals surface area contributed by atoms with Gasteiger partial charge in [-0.05, 0) is 69.0 Å². The molecule has 0 spiro atoms. The largest absolute Gasteiger partial charge is 0.340 e. The lowest BCUT2D eigenvalue weighted by Gasteiger charge is -2.41. The van der Waals surface area contributed by atoms with Crippen LogP contribution in [-0.2, 0) is 17.6 Å². The molecule has 10 heteroatoms. The molecule has 3 heterocycles. The summed E-state index contributed by atoms with van der Waals surface area (Å²) in [6.07, 6.45) is 3.89. The van der Waals surface area contributed by atoms with Crippen LogP contribution in [0.25, 0.3) is 16.7 Å². The van der Waals surface area contributed by atoms with Gasteiger partial charge in [0.05, 0.1) is 12.1 Å². The first-order chi connectivity index (χ1) is 16.2. The first kappa shape index (κ1) is 21.2. The Labute approximate surface area is 191 Å². The van der Waals surface area contributed by atoms with Crippen LogP contribution in [0.3, 0.4) is 0 Å². The Morgan fingerprint density at radius 2 is 1.88 bits per heavy atom. The highest BCUT2D eigenvalue weighted by Crippen LogP contribution is 2.18. The molecule has 0 bridgehead atoms. The highest BCUT2D eigenvalue weighted by atomic mass is 16.6. The van der Waals surface area contributed by atoms with Crippen LogP contribution in [0.1, 0.15) is 24.5 Å². The molecule has 10 nitrogen and oxygen atoms in total. The maximum atomic E-state index is 13.0. The van der Waals surface area contributed by atoms with Gasteiger partial charge in [-0.25, -0.2) is 9.31 Å². The molecule has 33 heavy (non-hydrogen) atoms. The second kappa shape index (κ2) is 9.45. The van der Waals surface area contributed by atoms with Gasteiger partial charge in [0.1, 0.15) is 17.4 Å². The summed E-state index contributed by atoms with van der Waals surface area (Å²) in [5, 5.41) is 19.0. The number of hydrogen-bond acceptors (Lipinski definition) is 8. The SMILES string of the molecule is CCC1CN(C(=O)Cc2ccc(-n3cnnn3)cc2)CCN1CCc1ccc2nonc2c1. The number of tetrazole rings is 1. The minimum absolute atomic E-state index is 0.173. The van der Waals surface area contributed by atoms with Crippen molar-refractivity contribution in [3.05, 3.63) is 59.9 Å². The first-order valence-corrected chi connectivity index (χ1v) is 11.2. The third kappa shape index (κ3) is 4.75. The van der Waals surface area contributed by atoms with E-state index in [1.54, 1.807) is 11.0 Å². The average molecular weight is 447 g/mol. The quantitative estimate of drug-likeness (QED) is 0.424. The van der Waals surface area contributed by atoms with E-state index in [9.17, 15) is 4.79 Å². The van der Waals surface area contributed by atoms with E-state index in [1.807, 2.05) is 41.3 Å². The van der Waals surface area contributed by atoms with Crippen molar-refractivity contribution in [2.45, 2.75) is 32.2 Å². The number of amides is 1. The van der Waals surface area contributed by atoms with Gasteiger partial charge in [-0.1, -0.05) is 25.1 Å². The Morgan fingerprint density at radius 1 is 1.06 bits per heavy atom. The number of piperazine rings is 1. The normalized spacial score (nSPS) is 17.0. The molecule has 170 valence electrons. The van der Waals surface area contributed by atoms with E-state index in [1.165, 1.54) is 5.56 Å². The molecular weight excluding hydrogens is 420 g/mol. The van der Waals surface area contributed by atoms with E-state index in [-0.39, 0.29) is 5.91 Å². The predicted octanol–water partition coefficient (Wildman–Crippen LogP) is 1.91. The summed E-state index contributed by atoms with van der Waals surface area (Å²) in [6, 6.07) is 14.2. The van der Waals surface area contributed by atoms with E-state index in [0.29, 0.717) is 12.5 Å². The van der Waals surface area contributed by atoms with Crippen LogP contribution in [0.2, 0.25) is 0 Å². The number of hydrogen-bond donors (Lipinski definition) is 0. The molecule has 0 N–H and O–H groups in total. The predicted molar refractivity (Wildman–Crippen MR) is 121 cm³/mol. The van der Waals surface area contributed by atoms with Crippen molar-refractivity contribution in [1.82, 2.24) is 40.3 Å². The van der Waals surface area contributed by atoms with Crippen molar-refractivity contribution in [2.24, 2.45) is 0 Å². The zero-order chi connectivity index (χ0) is 22.6. The summed E-state index contributed by atoms with van der Waals surface area (Å²) < 4.78 is 6.39. The molecule has 1 atom stereocenters. The van der Waals surface area contributed by atoms with Gasteiger partial charge >= 0.3 is 0 Å². The molecule has 0 radical (unpaired) electrons. The van der Waals surface area contributed by atoms with Gasteiger partial charge in [0.25, 0.3) is 0 Å². The number of carbonyl (C=O) groups excluding carboxylic acids is 1. The van der Waals surface area contributed by atoms with Gasteiger partial charge < -0.3 is 4.90 Å². The molecule has 1 amide bonds. The van der Waals surface area contributed by atoms with Crippen molar-refractivity contribution in [3.8, 4) is 5.69 Å². The Morgan fingerprint density at radius 3 is 2.67 bits per heavy atom. The second-order valence-electron chi connectivity index (χ2n) is 8.37. The maximum absolute atomic E-state index is 13.0. The van der Waals surface area contributed by atoms with Gasteiger partial charge in [0.2, 0.25) is 5.91 Å². The minimum atomic E-state index is 0.173. The van der Waals surface area contributed by atoms with Crippen LogP contribution in [0.15, 0.2) is 53.4 Å². The summed E-state index contributed by atoms with van der Waals surface area (Å²) in [6.45, 7) is 5.55. The fourth-order valence-corrected chi connectivity index (χ4v) is 4.39. The van der Waals surface area contributed by atoms with Gasteiger partial charge in [-0.2, -0.15) is 0 Å². The number of carbonyl (C=O) groups is 1. The van der Waals surface area contributed by atoms with Crippen molar-refractivity contribution in [3.63, 3.8) is 0 Å². The molecule has 2 aromatic carbocycles. The molecule has 1 unspecified atom stereocenters. The monoisotopic (exact) mass is 446 g/mol.